The van der Waals surface area contributed by atoms with Gasteiger partial charge in [0.05, 0.1) is 24.5 Å². The fraction of sp³-hybridized carbons (Fsp3) is 0.571. The molecule has 0 spiro atoms. The van der Waals surface area contributed by atoms with E-state index in [0.717, 1.165) is 6.54 Å². The maximum atomic E-state index is 11.3. The van der Waals surface area contributed by atoms with Crippen LogP contribution in [-0.2, 0) is 14.6 Å². The third kappa shape index (κ3) is 4.30. The second-order valence-corrected chi connectivity index (χ2v) is 7.45. The lowest BCUT2D eigenvalue weighted by molar-refractivity contribution is -0.0538. The molecule has 0 radical (unpaired) electrons. The summed E-state index contributed by atoms with van der Waals surface area (Å²) in [7, 11) is -2.93. The molecule has 1 aliphatic heterocycles. The maximum absolute atomic E-state index is 11.3. The van der Waals surface area contributed by atoms with Gasteiger partial charge in [-0.15, -0.1) is 0 Å². The Hall–Kier alpha value is -0.910. The third-order valence-electron chi connectivity index (χ3n) is 3.40. The summed E-state index contributed by atoms with van der Waals surface area (Å²) in [6.45, 7) is 3.98. The van der Waals surface area contributed by atoms with Gasteiger partial charge in [-0.05, 0) is 12.5 Å². The van der Waals surface area contributed by atoms with Crippen LogP contribution in [0.2, 0.25) is 0 Å². The van der Waals surface area contributed by atoms with Crippen LogP contribution in [-0.4, -0.2) is 51.1 Å². The van der Waals surface area contributed by atoms with Crippen LogP contribution in [0.5, 0.6) is 0 Å². The Morgan fingerprint density at radius 3 is 2.63 bits per heavy atom. The molecule has 1 fully saturated rings. The van der Waals surface area contributed by atoms with Gasteiger partial charge in [0, 0.05) is 19.3 Å². The van der Waals surface area contributed by atoms with E-state index in [0.29, 0.717) is 13.2 Å². The molecule has 1 aromatic rings. The minimum Gasteiger partial charge on any atom is -0.375 e. The lowest BCUT2D eigenvalue weighted by Crippen LogP contribution is -2.45. The Balaban J connectivity index is 2.11. The molecule has 4 nitrogen and oxygen atoms in total. The summed E-state index contributed by atoms with van der Waals surface area (Å²) in [5.41, 5.74) is 1.18. The average molecular weight is 283 g/mol. The third-order valence-corrected chi connectivity index (χ3v) is 4.33. The fourth-order valence-corrected chi connectivity index (χ4v) is 2.95. The number of hydrogen-bond donors (Lipinski definition) is 0. The molecule has 0 bridgehead atoms. The van der Waals surface area contributed by atoms with Crippen molar-refractivity contribution in [1.29, 1.82) is 0 Å². The smallest absolute Gasteiger partial charge is 0.148 e. The van der Waals surface area contributed by atoms with Gasteiger partial charge >= 0.3 is 0 Å². The molecule has 0 amide bonds. The molecule has 5 heteroatoms. The van der Waals surface area contributed by atoms with Crippen molar-refractivity contribution in [1.82, 2.24) is 4.90 Å². The van der Waals surface area contributed by atoms with Crippen LogP contribution in [0, 0.1) is 0 Å². The van der Waals surface area contributed by atoms with Gasteiger partial charge in [0.25, 0.3) is 0 Å². The van der Waals surface area contributed by atoms with Crippen LogP contribution >= 0.6 is 0 Å². The first-order chi connectivity index (χ1) is 8.96. The van der Waals surface area contributed by atoms with E-state index < -0.39 is 9.84 Å². The molecule has 0 aromatic heterocycles. The van der Waals surface area contributed by atoms with E-state index in [4.69, 9.17) is 4.74 Å². The van der Waals surface area contributed by atoms with Gasteiger partial charge in [0.2, 0.25) is 0 Å². The molecule has 0 aliphatic carbocycles. The van der Waals surface area contributed by atoms with E-state index in [1.165, 1.54) is 11.8 Å². The van der Waals surface area contributed by atoms with E-state index in [1.807, 2.05) is 25.1 Å². The summed E-state index contributed by atoms with van der Waals surface area (Å²) in [5, 5.41) is 0. The highest BCUT2D eigenvalue weighted by molar-refractivity contribution is 7.90. The van der Waals surface area contributed by atoms with Crippen molar-refractivity contribution in [2.75, 3.05) is 31.7 Å². The standard InChI is InChI=1S/C14H21NO3S/c1-12-10-15(8-9-19(2,16)17)14(11-18-12)13-6-4-3-5-7-13/h3-7,12,14H,8-11H2,1-2H3. The van der Waals surface area contributed by atoms with Crippen LogP contribution in [0.15, 0.2) is 30.3 Å². The second-order valence-electron chi connectivity index (χ2n) is 5.20. The van der Waals surface area contributed by atoms with Crippen molar-refractivity contribution < 1.29 is 13.2 Å². The molecule has 2 rings (SSSR count). The summed E-state index contributed by atoms with van der Waals surface area (Å²) in [5.74, 6) is 0.197. The zero-order valence-corrected chi connectivity index (χ0v) is 12.3. The van der Waals surface area contributed by atoms with E-state index in [1.54, 1.807) is 0 Å². The second kappa shape index (κ2) is 6.03. The minimum absolute atomic E-state index is 0.152. The molecule has 0 N–H and O–H groups in total. The monoisotopic (exact) mass is 283 g/mol. The number of benzene rings is 1. The van der Waals surface area contributed by atoms with E-state index in [9.17, 15) is 8.42 Å². The largest absolute Gasteiger partial charge is 0.375 e. The van der Waals surface area contributed by atoms with E-state index >= 15 is 0 Å². The highest BCUT2D eigenvalue weighted by Gasteiger charge is 2.28. The lowest BCUT2D eigenvalue weighted by Gasteiger charge is -2.38. The molecule has 2 atom stereocenters. The molecule has 106 valence electrons. The number of nitrogens with zero attached hydrogens (tertiary/aromatic N) is 1. The zero-order chi connectivity index (χ0) is 13.9. The average Bonchev–Trinajstić information content (AvgIpc) is 2.37. The van der Waals surface area contributed by atoms with Gasteiger partial charge in [-0.2, -0.15) is 0 Å². The summed E-state index contributed by atoms with van der Waals surface area (Å²) in [4.78, 5) is 2.21. The molecule has 1 heterocycles. The molecule has 1 aromatic carbocycles. The molecular weight excluding hydrogens is 262 g/mol. The predicted octanol–water partition coefficient (Wildman–Crippen LogP) is 1.49. The SMILES string of the molecule is CC1CN(CCS(C)(=O)=O)C(c2ccccc2)CO1. The first kappa shape index (κ1) is 14.5. The Morgan fingerprint density at radius 2 is 2.00 bits per heavy atom. The number of ether oxygens (including phenoxy) is 1. The highest BCUT2D eigenvalue weighted by Crippen LogP contribution is 2.25. The first-order valence-electron chi connectivity index (χ1n) is 6.54. The Kier molecular flexibility index (Phi) is 4.60. The molecule has 1 saturated heterocycles. The van der Waals surface area contributed by atoms with Crippen LogP contribution in [0.3, 0.4) is 0 Å². The molecular formula is C14H21NO3S. The van der Waals surface area contributed by atoms with Crippen LogP contribution < -0.4 is 0 Å². The molecule has 0 saturated carbocycles. The van der Waals surface area contributed by atoms with Gasteiger partial charge in [0.15, 0.2) is 0 Å². The summed E-state index contributed by atoms with van der Waals surface area (Å²) < 4.78 is 28.4. The van der Waals surface area contributed by atoms with Crippen molar-refractivity contribution in [3.8, 4) is 0 Å². The number of sulfone groups is 1. The van der Waals surface area contributed by atoms with Gasteiger partial charge in [-0.3, -0.25) is 4.90 Å². The van der Waals surface area contributed by atoms with Gasteiger partial charge in [0.1, 0.15) is 9.84 Å². The maximum Gasteiger partial charge on any atom is 0.148 e. The molecule has 1 aliphatic rings. The highest BCUT2D eigenvalue weighted by atomic mass is 32.2. The van der Waals surface area contributed by atoms with Crippen molar-refractivity contribution in [2.24, 2.45) is 0 Å². The van der Waals surface area contributed by atoms with E-state index in [-0.39, 0.29) is 17.9 Å². The summed E-state index contributed by atoms with van der Waals surface area (Å²) in [6, 6.07) is 10.3. The summed E-state index contributed by atoms with van der Waals surface area (Å²) in [6.07, 6.45) is 1.44. The van der Waals surface area contributed by atoms with E-state index in [2.05, 4.69) is 17.0 Å². The Morgan fingerprint density at radius 1 is 1.32 bits per heavy atom. The van der Waals surface area contributed by atoms with Crippen LogP contribution in [0.25, 0.3) is 0 Å². The van der Waals surface area contributed by atoms with Crippen molar-refractivity contribution in [3.05, 3.63) is 35.9 Å². The molecule has 2 unspecified atom stereocenters. The topological polar surface area (TPSA) is 46.6 Å². The Labute approximate surface area is 115 Å². The fourth-order valence-electron chi connectivity index (χ4n) is 2.38. The van der Waals surface area contributed by atoms with Crippen molar-refractivity contribution >= 4 is 9.84 Å². The van der Waals surface area contributed by atoms with Crippen molar-refractivity contribution in [2.45, 2.75) is 19.1 Å². The first-order valence-corrected chi connectivity index (χ1v) is 8.60. The quantitative estimate of drug-likeness (QED) is 0.840. The minimum atomic E-state index is -2.93. The lowest BCUT2D eigenvalue weighted by atomic mass is 10.0. The number of hydrogen-bond acceptors (Lipinski definition) is 4. The zero-order valence-electron chi connectivity index (χ0n) is 11.5. The van der Waals surface area contributed by atoms with Crippen LogP contribution in [0.4, 0.5) is 0 Å². The normalized spacial score (nSPS) is 25.4. The van der Waals surface area contributed by atoms with Gasteiger partial charge < -0.3 is 4.74 Å². The Bertz CT molecular complexity index is 501. The van der Waals surface area contributed by atoms with Crippen LogP contribution in [0.1, 0.15) is 18.5 Å². The van der Waals surface area contributed by atoms with Gasteiger partial charge in [-0.1, -0.05) is 30.3 Å². The predicted molar refractivity (Wildman–Crippen MR) is 75.9 cm³/mol. The van der Waals surface area contributed by atoms with Crippen molar-refractivity contribution in [3.63, 3.8) is 0 Å². The number of rotatable bonds is 4. The molecule has 19 heavy (non-hydrogen) atoms. The van der Waals surface area contributed by atoms with Gasteiger partial charge in [-0.25, -0.2) is 8.42 Å². The summed E-state index contributed by atoms with van der Waals surface area (Å²) >= 11 is 0. The number of morpholine rings is 1.